The third-order valence-electron chi connectivity index (χ3n) is 5.59. The van der Waals surface area contributed by atoms with Crippen LogP contribution >= 0.6 is 0 Å². The molecule has 5 rings (SSSR count). The Hall–Kier alpha value is -3.40. The van der Waals surface area contributed by atoms with E-state index in [9.17, 15) is 4.79 Å². The molecular weight excluding hydrogens is 348 g/mol. The molecule has 0 unspecified atom stereocenters. The van der Waals surface area contributed by atoms with Crippen LogP contribution < -0.4 is 0 Å². The van der Waals surface area contributed by atoms with Crippen molar-refractivity contribution in [3.8, 4) is 0 Å². The van der Waals surface area contributed by atoms with E-state index in [2.05, 4.69) is 28.9 Å². The normalized spacial score (nSPS) is 15.1. The summed E-state index contributed by atoms with van der Waals surface area (Å²) in [6.07, 6.45) is 2.82. The van der Waals surface area contributed by atoms with Gasteiger partial charge in [0, 0.05) is 29.2 Å². The number of oxime groups is 1. The van der Waals surface area contributed by atoms with Gasteiger partial charge < -0.3 is 9.40 Å². The fourth-order valence-electron chi connectivity index (χ4n) is 4.25. The Morgan fingerprint density at radius 1 is 0.929 bits per heavy atom. The second kappa shape index (κ2) is 6.64. The molecule has 1 aliphatic rings. The highest BCUT2D eigenvalue weighted by Crippen LogP contribution is 2.32. The zero-order valence-electron chi connectivity index (χ0n) is 15.7. The van der Waals surface area contributed by atoms with Gasteiger partial charge in [-0.05, 0) is 42.2 Å². The highest BCUT2D eigenvalue weighted by Gasteiger charge is 2.24. The van der Waals surface area contributed by atoms with Gasteiger partial charge in [0.1, 0.15) is 0 Å². The van der Waals surface area contributed by atoms with E-state index in [-0.39, 0.29) is 0 Å². The summed E-state index contributed by atoms with van der Waals surface area (Å²) >= 11 is 0. The topological polar surface area (TPSA) is 43.6 Å². The van der Waals surface area contributed by atoms with Crippen LogP contribution in [0.2, 0.25) is 0 Å². The van der Waals surface area contributed by atoms with Crippen LogP contribution in [0.5, 0.6) is 0 Å². The molecular formula is C24H20N2O2. The van der Waals surface area contributed by atoms with Gasteiger partial charge in [-0.3, -0.25) is 0 Å². The first-order chi connectivity index (χ1) is 13.7. The zero-order chi connectivity index (χ0) is 19.1. The van der Waals surface area contributed by atoms with E-state index in [1.807, 2.05) is 48.5 Å². The maximum Gasteiger partial charge on any atom is 0.366 e. The number of aryl methyl sites for hydroxylation is 1. The summed E-state index contributed by atoms with van der Waals surface area (Å²) in [6, 6.07) is 21.8. The minimum Gasteiger partial charge on any atom is -0.347 e. The minimum atomic E-state index is -0.420. The Balaban J connectivity index is 1.53. The first kappa shape index (κ1) is 16.8. The molecule has 0 aliphatic heterocycles. The Bertz CT molecular complexity index is 1240. The van der Waals surface area contributed by atoms with Gasteiger partial charge in [0.2, 0.25) is 0 Å². The zero-order valence-corrected chi connectivity index (χ0v) is 15.7. The lowest BCUT2D eigenvalue weighted by Gasteiger charge is -2.15. The predicted molar refractivity (Wildman–Crippen MR) is 112 cm³/mol. The van der Waals surface area contributed by atoms with Crippen molar-refractivity contribution in [2.45, 2.75) is 19.3 Å². The number of rotatable bonds is 2. The maximum atomic E-state index is 12.7. The molecule has 0 fully saturated rings. The van der Waals surface area contributed by atoms with E-state index in [1.54, 1.807) is 6.07 Å². The third kappa shape index (κ3) is 2.61. The number of hydrogen-bond acceptors (Lipinski definition) is 3. The Labute approximate surface area is 163 Å². The van der Waals surface area contributed by atoms with Crippen LogP contribution in [-0.2, 0) is 18.3 Å². The highest BCUT2D eigenvalue weighted by atomic mass is 16.7. The molecule has 0 bridgehead atoms. The van der Waals surface area contributed by atoms with Crippen molar-refractivity contribution in [3.05, 3.63) is 83.6 Å². The number of para-hydroxylation sites is 1. The molecule has 0 spiro atoms. The molecule has 0 N–H and O–H groups in total. The molecule has 1 aliphatic carbocycles. The minimum absolute atomic E-state index is 0.420. The van der Waals surface area contributed by atoms with E-state index in [1.165, 1.54) is 16.6 Å². The van der Waals surface area contributed by atoms with Gasteiger partial charge in [-0.15, -0.1) is 0 Å². The highest BCUT2D eigenvalue weighted by molar-refractivity contribution is 6.13. The molecule has 138 valence electrons. The van der Waals surface area contributed by atoms with Crippen LogP contribution in [0.4, 0.5) is 0 Å². The van der Waals surface area contributed by atoms with Crippen LogP contribution in [0.3, 0.4) is 0 Å². The molecule has 0 saturated heterocycles. The summed E-state index contributed by atoms with van der Waals surface area (Å²) in [7, 11) is 2.09. The number of carbonyl (C=O) groups excluding carboxylic acids is 1. The molecule has 28 heavy (non-hydrogen) atoms. The van der Waals surface area contributed by atoms with Crippen LogP contribution in [0.25, 0.3) is 21.7 Å². The lowest BCUT2D eigenvalue weighted by Crippen LogP contribution is -2.14. The second-order valence-electron chi connectivity index (χ2n) is 7.19. The number of hydrogen-bond donors (Lipinski definition) is 0. The first-order valence-corrected chi connectivity index (χ1v) is 9.56. The Morgan fingerprint density at radius 3 is 2.57 bits per heavy atom. The lowest BCUT2D eigenvalue weighted by molar-refractivity contribution is 0.0518. The van der Waals surface area contributed by atoms with Gasteiger partial charge in [0.25, 0.3) is 0 Å². The second-order valence-corrected chi connectivity index (χ2v) is 7.19. The fraction of sp³-hybridized carbons (Fsp3) is 0.167. The predicted octanol–water partition coefficient (Wildman–Crippen LogP) is 5.23. The Morgan fingerprint density at radius 2 is 1.68 bits per heavy atom. The average molecular weight is 368 g/mol. The Kier molecular flexibility index (Phi) is 3.97. The number of fused-ring (bicyclic) bond motifs is 4. The largest absolute Gasteiger partial charge is 0.366 e. The van der Waals surface area contributed by atoms with E-state index in [0.717, 1.165) is 41.3 Å². The molecule has 1 aromatic heterocycles. The lowest BCUT2D eigenvalue weighted by atomic mass is 9.93. The van der Waals surface area contributed by atoms with E-state index < -0.39 is 5.97 Å². The third-order valence-corrected chi connectivity index (χ3v) is 5.59. The van der Waals surface area contributed by atoms with Gasteiger partial charge >= 0.3 is 5.97 Å². The maximum absolute atomic E-state index is 12.7. The SMILES string of the molecule is Cn1c2c(c3ccccc31)/C(=N/OC(=O)c1cccc3ccccc13)CCC2. The number of benzene rings is 3. The van der Waals surface area contributed by atoms with Crippen LogP contribution in [0, 0.1) is 0 Å². The smallest absolute Gasteiger partial charge is 0.347 e. The van der Waals surface area contributed by atoms with Gasteiger partial charge in [-0.2, -0.15) is 0 Å². The monoisotopic (exact) mass is 368 g/mol. The van der Waals surface area contributed by atoms with Crippen LogP contribution in [0.1, 0.15) is 34.5 Å². The molecule has 4 nitrogen and oxygen atoms in total. The van der Waals surface area contributed by atoms with Crippen molar-refractivity contribution in [1.82, 2.24) is 4.57 Å². The van der Waals surface area contributed by atoms with E-state index >= 15 is 0 Å². The molecule has 1 heterocycles. The standard InChI is InChI=1S/C24H20N2O2/c1-26-21-14-5-4-11-19(21)23-20(13-7-15-22(23)26)25-28-24(27)18-12-6-9-16-8-2-3-10-17(16)18/h2-6,8-12,14H,7,13,15H2,1H3/b25-20+. The summed E-state index contributed by atoms with van der Waals surface area (Å²) in [4.78, 5) is 18.2. The van der Waals surface area contributed by atoms with Gasteiger partial charge in [-0.1, -0.05) is 59.8 Å². The quantitative estimate of drug-likeness (QED) is 0.359. The number of carbonyl (C=O) groups is 1. The molecule has 4 heteroatoms. The van der Waals surface area contributed by atoms with E-state index in [0.29, 0.717) is 5.56 Å². The van der Waals surface area contributed by atoms with E-state index in [4.69, 9.17) is 4.84 Å². The van der Waals surface area contributed by atoms with Crippen molar-refractivity contribution < 1.29 is 9.63 Å². The summed E-state index contributed by atoms with van der Waals surface area (Å²) < 4.78 is 2.23. The summed E-state index contributed by atoms with van der Waals surface area (Å²) in [6.45, 7) is 0. The molecule has 0 amide bonds. The van der Waals surface area contributed by atoms with Crippen molar-refractivity contribution in [2.75, 3.05) is 0 Å². The first-order valence-electron chi connectivity index (χ1n) is 9.56. The van der Waals surface area contributed by atoms with Crippen molar-refractivity contribution in [1.29, 1.82) is 0 Å². The van der Waals surface area contributed by atoms with Gasteiger partial charge in [-0.25, -0.2) is 4.79 Å². The van der Waals surface area contributed by atoms with Crippen molar-refractivity contribution >= 4 is 33.4 Å². The molecule has 3 aromatic carbocycles. The van der Waals surface area contributed by atoms with Gasteiger partial charge in [0.05, 0.1) is 11.3 Å². The van der Waals surface area contributed by atoms with Gasteiger partial charge in [0.15, 0.2) is 0 Å². The molecule has 0 radical (unpaired) electrons. The molecule has 0 saturated carbocycles. The fourth-order valence-corrected chi connectivity index (χ4v) is 4.25. The summed E-state index contributed by atoms with van der Waals surface area (Å²) in [5.41, 5.74) is 4.95. The molecule has 4 aromatic rings. The number of nitrogens with zero attached hydrogens (tertiary/aromatic N) is 2. The van der Waals surface area contributed by atoms with Crippen LogP contribution in [-0.4, -0.2) is 16.2 Å². The summed E-state index contributed by atoms with van der Waals surface area (Å²) in [5, 5.41) is 7.38. The van der Waals surface area contributed by atoms with Crippen LogP contribution in [0.15, 0.2) is 71.9 Å². The van der Waals surface area contributed by atoms with Crippen molar-refractivity contribution in [2.24, 2.45) is 12.2 Å². The summed E-state index contributed by atoms with van der Waals surface area (Å²) in [5.74, 6) is -0.420. The molecule has 0 atom stereocenters. The van der Waals surface area contributed by atoms with Crippen molar-refractivity contribution in [3.63, 3.8) is 0 Å². The number of aromatic nitrogens is 1. The average Bonchev–Trinajstić information content (AvgIpc) is 3.05.